The minimum absolute atomic E-state index is 0.0328. The first-order valence-corrected chi connectivity index (χ1v) is 14.7. The molecular formula is C36H39NO6. The van der Waals surface area contributed by atoms with Gasteiger partial charge in [0.05, 0.1) is 14.2 Å². The minimum Gasteiger partial charge on any atom is -0.497 e. The molecule has 7 nitrogen and oxygen atoms in total. The van der Waals surface area contributed by atoms with Crippen LogP contribution in [0.15, 0.2) is 109 Å². The van der Waals surface area contributed by atoms with E-state index in [1.807, 2.05) is 109 Å². The van der Waals surface area contributed by atoms with E-state index >= 15 is 0 Å². The number of nitrogens with zero attached hydrogens (tertiary/aromatic N) is 1. The number of hydrogen-bond acceptors (Lipinski definition) is 6. The molecule has 5 rings (SSSR count). The molecule has 2 unspecified atom stereocenters. The Kier molecular flexibility index (Phi) is 9.97. The molecule has 0 spiro atoms. The highest BCUT2D eigenvalue weighted by atomic mass is 16.6. The van der Waals surface area contributed by atoms with Crippen LogP contribution in [0.2, 0.25) is 0 Å². The number of amides is 1. The minimum atomic E-state index is -1.12. The van der Waals surface area contributed by atoms with Crippen molar-refractivity contribution in [2.45, 2.75) is 50.2 Å². The van der Waals surface area contributed by atoms with Crippen LogP contribution in [0.25, 0.3) is 0 Å². The molecule has 1 saturated heterocycles. The summed E-state index contributed by atoms with van der Waals surface area (Å²) in [6.45, 7) is 0.874. The first kappa shape index (κ1) is 30.1. The number of ether oxygens (including phenoxy) is 4. The molecule has 0 aliphatic carbocycles. The molecule has 1 heterocycles. The van der Waals surface area contributed by atoms with Crippen LogP contribution in [0.5, 0.6) is 11.5 Å². The zero-order valence-corrected chi connectivity index (χ0v) is 24.7. The second-order valence-electron chi connectivity index (χ2n) is 10.7. The van der Waals surface area contributed by atoms with E-state index < -0.39 is 11.9 Å². The summed E-state index contributed by atoms with van der Waals surface area (Å²) in [6.07, 6.45) is 1.23. The van der Waals surface area contributed by atoms with Crippen LogP contribution in [0.3, 0.4) is 0 Å². The van der Waals surface area contributed by atoms with Crippen molar-refractivity contribution in [3.8, 4) is 11.5 Å². The van der Waals surface area contributed by atoms with Crippen molar-refractivity contribution in [1.82, 2.24) is 4.90 Å². The van der Waals surface area contributed by atoms with E-state index in [9.17, 15) is 9.90 Å². The van der Waals surface area contributed by atoms with E-state index in [2.05, 4.69) is 0 Å². The summed E-state index contributed by atoms with van der Waals surface area (Å²) in [5.41, 5.74) is 2.39. The van der Waals surface area contributed by atoms with Gasteiger partial charge >= 0.3 is 6.09 Å². The maximum absolute atomic E-state index is 13.0. The Hall–Kier alpha value is -4.33. The monoisotopic (exact) mass is 581 g/mol. The first-order chi connectivity index (χ1) is 21.0. The highest BCUT2D eigenvalue weighted by molar-refractivity contribution is 5.68. The third-order valence-corrected chi connectivity index (χ3v) is 8.05. The molecule has 1 amide bonds. The largest absolute Gasteiger partial charge is 0.497 e. The standard InChI is InChI=1S/C36H39NO6/c1-40-32-20-15-29(16-21-32)36(28-12-7-4-8-13-28,30-17-22-33(41-2)23-18-30)43-34(38)24-19-31-14-9-25-37(31)35(39)42-26-27-10-5-3-6-11-27/h3-8,10-13,15-18,20-23,31,34,38H,9,14,19,24-26H2,1-2H3. The molecule has 1 N–H and O–H groups in total. The van der Waals surface area contributed by atoms with Crippen molar-refractivity contribution in [2.24, 2.45) is 0 Å². The van der Waals surface area contributed by atoms with Crippen LogP contribution in [0.4, 0.5) is 4.79 Å². The summed E-state index contributed by atoms with van der Waals surface area (Å²) in [5.74, 6) is 1.45. The molecular weight excluding hydrogens is 542 g/mol. The van der Waals surface area contributed by atoms with E-state index in [0.717, 1.165) is 46.6 Å². The van der Waals surface area contributed by atoms with Crippen LogP contribution in [-0.4, -0.2) is 49.2 Å². The normalized spacial score (nSPS) is 15.6. The maximum atomic E-state index is 13.0. The smallest absolute Gasteiger partial charge is 0.410 e. The zero-order chi connectivity index (χ0) is 30.1. The van der Waals surface area contributed by atoms with Crippen LogP contribution in [0, 0.1) is 0 Å². The van der Waals surface area contributed by atoms with Crippen molar-refractivity contribution in [2.75, 3.05) is 20.8 Å². The summed E-state index contributed by atoms with van der Waals surface area (Å²) in [5, 5.41) is 11.5. The summed E-state index contributed by atoms with van der Waals surface area (Å²) in [4.78, 5) is 14.7. The molecule has 7 heteroatoms. The highest BCUT2D eigenvalue weighted by Gasteiger charge is 2.40. The molecule has 4 aromatic rings. The average molecular weight is 582 g/mol. The average Bonchev–Trinajstić information content (AvgIpc) is 3.55. The molecule has 2 atom stereocenters. The highest BCUT2D eigenvalue weighted by Crippen LogP contribution is 2.43. The fourth-order valence-corrected chi connectivity index (χ4v) is 5.80. The lowest BCUT2D eigenvalue weighted by Gasteiger charge is -2.38. The van der Waals surface area contributed by atoms with Crippen molar-refractivity contribution >= 4 is 6.09 Å². The van der Waals surface area contributed by atoms with Crippen LogP contribution >= 0.6 is 0 Å². The number of aliphatic hydroxyl groups is 1. The van der Waals surface area contributed by atoms with Gasteiger partial charge in [0.2, 0.25) is 0 Å². The number of rotatable bonds is 12. The predicted octanol–water partition coefficient (Wildman–Crippen LogP) is 6.91. The number of likely N-dealkylation sites (tertiary alicyclic amines) is 1. The van der Waals surface area contributed by atoms with E-state index in [-0.39, 0.29) is 18.7 Å². The molecule has 224 valence electrons. The lowest BCUT2D eigenvalue weighted by atomic mass is 9.80. The predicted molar refractivity (Wildman–Crippen MR) is 165 cm³/mol. The third-order valence-electron chi connectivity index (χ3n) is 8.05. The van der Waals surface area contributed by atoms with Gasteiger partial charge in [-0.25, -0.2) is 4.79 Å². The molecule has 0 saturated carbocycles. The van der Waals surface area contributed by atoms with E-state index in [4.69, 9.17) is 18.9 Å². The molecule has 4 aromatic carbocycles. The van der Waals surface area contributed by atoms with E-state index in [1.165, 1.54) is 0 Å². The molecule has 1 fully saturated rings. The Bertz CT molecular complexity index is 1380. The summed E-state index contributed by atoms with van der Waals surface area (Å²) < 4.78 is 23.2. The van der Waals surface area contributed by atoms with Crippen molar-refractivity contribution < 1.29 is 28.8 Å². The Morgan fingerprint density at radius 2 is 1.35 bits per heavy atom. The number of aliphatic hydroxyl groups excluding tert-OH is 1. The van der Waals surface area contributed by atoms with Gasteiger partial charge < -0.3 is 29.0 Å². The van der Waals surface area contributed by atoms with Crippen LogP contribution < -0.4 is 9.47 Å². The molecule has 1 aliphatic heterocycles. The topological polar surface area (TPSA) is 77.5 Å². The second kappa shape index (κ2) is 14.2. The summed E-state index contributed by atoms with van der Waals surface area (Å²) in [6, 6.07) is 34.9. The number of methoxy groups -OCH3 is 2. The van der Waals surface area contributed by atoms with Crippen LogP contribution in [0.1, 0.15) is 47.9 Å². The van der Waals surface area contributed by atoms with Gasteiger partial charge in [0.1, 0.15) is 23.7 Å². The fourth-order valence-electron chi connectivity index (χ4n) is 5.80. The lowest BCUT2D eigenvalue weighted by molar-refractivity contribution is -0.163. The first-order valence-electron chi connectivity index (χ1n) is 14.7. The maximum Gasteiger partial charge on any atom is 0.410 e. The Morgan fingerprint density at radius 3 is 1.91 bits per heavy atom. The van der Waals surface area contributed by atoms with Gasteiger partial charge in [0.15, 0.2) is 6.29 Å². The van der Waals surface area contributed by atoms with Gasteiger partial charge in [-0.1, -0.05) is 84.9 Å². The SMILES string of the molecule is COc1ccc(C(OC(O)CCC2CCCN2C(=O)OCc2ccccc2)(c2ccccc2)c2ccc(OC)cc2)cc1. The van der Waals surface area contributed by atoms with Gasteiger partial charge in [0.25, 0.3) is 0 Å². The Morgan fingerprint density at radius 1 is 0.814 bits per heavy atom. The van der Waals surface area contributed by atoms with E-state index in [1.54, 1.807) is 19.1 Å². The van der Waals surface area contributed by atoms with Gasteiger partial charge in [-0.2, -0.15) is 0 Å². The van der Waals surface area contributed by atoms with Crippen LogP contribution in [-0.2, 0) is 21.7 Å². The fraction of sp³-hybridized carbons (Fsp3) is 0.306. The number of carbonyl (C=O) groups excluding carboxylic acids is 1. The summed E-state index contributed by atoms with van der Waals surface area (Å²) in [7, 11) is 3.26. The van der Waals surface area contributed by atoms with Crippen molar-refractivity contribution in [3.63, 3.8) is 0 Å². The second-order valence-corrected chi connectivity index (χ2v) is 10.7. The van der Waals surface area contributed by atoms with E-state index in [0.29, 0.717) is 19.4 Å². The van der Waals surface area contributed by atoms with Crippen molar-refractivity contribution in [3.05, 3.63) is 131 Å². The summed E-state index contributed by atoms with van der Waals surface area (Å²) >= 11 is 0. The van der Waals surface area contributed by atoms with Gasteiger partial charge in [-0.3, -0.25) is 0 Å². The lowest BCUT2D eigenvalue weighted by Crippen LogP contribution is -2.39. The van der Waals surface area contributed by atoms with Gasteiger partial charge in [0, 0.05) is 19.0 Å². The third kappa shape index (κ3) is 7.01. The number of carbonyl (C=O) groups is 1. The molecule has 0 aromatic heterocycles. The number of hydrogen-bond donors (Lipinski definition) is 1. The number of benzene rings is 4. The molecule has 43 heavy (non-hydrogen) atoms. The Balaban J connectivity index is 1.37. The van der Waals surface area contributed by atoms with Gasteiger partial charge in [-0.05, 0) is 65.8 Å². The van der Waals surface area contributed by atoms with Crippen molar-refractivity contribution in [1.29, 1.82) is 0 Å². The van der Waals surface area contributed by atoms with Gasteiger partial charge in [-0.15, -0.1) is 0 Å². The molecule has 0 radical (unpaired) electrons. The Labute approximate surface area is 253 Å². The zero-order valence-electron chi connectivity index (χ0n) is 24.7. The quantitative estimate of drug-likeness (QED) is 0.145. The molecule has 1 aliphatic rings. The molecule has 0 bridgehead atoms.